The monoisotopic (exact) mass is 494 g/mol. The van der Waals surface area contributed by atoms with Crippen LogP contribution in [-0.2, 0) is 27.1 Å². The van der Waals surface area contributed by atoms with Gasteiger partial charge in [0.1, 0.15) is 5.78 Å². The van der Waals surface area contributed by atoms with Gasteiger partial charge in [-0.3, -0.25) is 9.36 Å². The molecule has 0 aromatic heterocycles. The van der Waals surface area contributed by atoms with Crippen molar-refractivity contribution in [3.05, 3.63) is 47.5 Å². The predicted molar refractivity (Wildman–Crippen MR) is 136 cm³/mol. The van der Waals surface area contributed by atoms with Crippen molar-refractivity contribution in [3.63, 3.8) is 0 Å². The Bertz CT molecular complexity index is 823. The number of Topliss-reactive ketones (excluding diaryl/α,β-unsaturated/α-hetero) is 1. The van der Waals surface area contributed by atoms with Crippen molar-refractivity contribution in [3.8, 4) is 0 Å². The molecule has 1 aliphatic rings. The summed E-state index contributed by atoms with van der Waals surface area (Å²) in [7, 11) is -1.26. The summed E-state index contributed by atoms with van der Waals surface area (Å²) in [5.41, 5.74) is 2.36. The number of aliphatic hydroxyl groups excluding tert-OH is 2. The lowest BCUT2D eigenvalue weighted by Gasteiger charge is -2.18. The van der Waals surface area contributed by atoms with Crippen LogP contribution in [0.4, 0.5) is 0 Å². The number of aryl methyl sites for hydroxylation is 1. The van der Waals surface area contributed by atoms with Gasteiger partial charge in [-0.05, 0) is 43.2 Å². The van der Waals surface area contributed by atoms with E-state index in [1.807, 2.05) is 18.2 Å². The molecule has 192 valence electrons. The minimum atomic E-state index is -2.95. The Morgan fingerprint density at radius 1 is 1.18 bits per heavy atom. The van der Waals surface area contributed by atoms with Gasteiger partial charge in [0.25, 0.3) is 0 Å². The number of hydrogen-bond donors (Lipinski definition) is 3. The SMILES string of the molecule is CCP(=O)(O)CCCCCC[C@H]1C(=O)C[C@@H](O)[C@@H]1C=C[C@@H](O)CCCc1cccc(COC)c1. The Morgan fingerprint density at radius 3 is 2.65 bits per heavy atom. The summed E-state index contributed by atoms with van der Waals surface area (Å²) >= 11 is 0. The zero-order chi connectivity index (χ0) is 25.0. The van der Waals surface area contributed by atoms with Crippen molar-refractivity contribution in [2.45, 2.75) is 83.5 Å². The molecule has 6 nitrogen and oxygen atoms in total. The van der Waals surface area contributed by atoms with Gasteiger partial charge in [0, 0.05) is 37.7 Å². The minimum absolute atomic E-state index is 0.0958. The molecule has 0 aliphatic heterocycles. The zero-order valence-electron chi connectivity index (χ0n) is 20.8. The molecule has 0 bridgehead atoms. The highest BCUT2D eigenvalue weighted by Crippen LogP contribution is 2.41. The molecule has 1 aromatic rings. The largest absolute Gasteiger partial charge is 0.392 e. The number of aliphatic hydroxyl groups is 2. The first-order chi connectivity index (χ1) is 16.3. The quantitative estimate of drug-likeness (QED) is 0.172. The standard InChI is InChI=1S/C27H43O6P/c1-3-34(31,32)17-7-5-4-6-14-24-25(27(30)19-26(24)29)16-15-23(28)13-9-11-21-10-8-12-22(18-21)20-33-2/h8,10,12,15-16,18,23-25,27-28,30H,3-7,9,11,13-14,17,19-20H2,1-2H3,(H,31,32)/t23-,24+,25+,27+/m0/s1. The van der Waals surface area contributed by atoms with E-state index in [4.69, 9.17) is 4.74 Å². The van der Waals surface area contributed by atoms with Gasteiger partial charge in [-0.25, -0.2) is 0 Å². The van der Waals surface area contributed by atoms with Crippen LogP contribution in [0, 0.1) is 11.8 Å². The van der Waals surface area contributed by atoms with Crippen molar-refractivity contribution in [1.82, 2.24) is 0 Å². The third-order valence-corrected chi connectivity index (χ3v) is 8.83. The molecular weight excluding hydrogens is 451 g/mol. The molecule has 0 spiro atoms. The molecule has 0 radical (unpaired) electrons. The summed E-state index contributed by atoms with van der Waals surface area (Å²) in [6, 6.07) is 8.27. The zero-order valence-corrected chi connectivity index (χ0v) is 21.7. The van der Waals surface area contributed by atoms with Crippen LogP contribution in [0.3, 0.4) is 0 Å². The second-order valence-electron chi connectivity index (χ2n) is 9.61. The number of methoxy groups -OCH3 is 1. The summed E-state index contributed by atoms with van der Waals surface area (Å²) in [5.74, 6) is -0.356. The average molecular weight is 495 g/mol. The number of ketones is 1. The lowest BCUT2D eigenvalue weighted by atomic mass is 9.88. The van der Waals surface area contributed by atoms with Crippen LogP contribution in [0.5, 0.6) is 0 Å². The van der Waals surface area contributed by atoms with Gasteiger partial charge in [-0.2, -0.15) is 0 Å². The van der Waals surface area contributed by atoms with Gasteiger partial charge in [-0.1, -0.05) is 62.6 Å². The second kappa shape index (κ2) is 15.0. The highest BCUT2D eigenvalue weighted by molar-refractivity contribution is 7.57. The third kappa shape index (κ3) is 10.1. The van der Waals surface area contributed by atoms with Crippen molar-refractivity contribution < 1.29 is 29.2 Å². The number of benzene rings is 1. The molecule has 34 heavy (non-hydrogen) atoms. The molecule has 5 atom stereocenters. The van der Waals surface area contributed by atoms with E-state index < -0.39 is 19.6 Å². The van der Waals surface area contributed by atoms with Gasteiger partial charge in [0.15, 0.2) is 7.37 Å². The van der Waals surface area contributed by atoms with E-state index in [0.717, 1.165) is 44.1 Å². The fourth-order valence-electron chi connectivity index (χ4n) is 4.74. The lowest BCUT2D eigenvalue weighted by Crippen LogP contribution is -2.19. The van der Waals surface area contributed by atoms with Crippen LogP contribution in [0.15, 0.2) is 36.4 Å². The maximum absolute atomic E-state index is 12.4. The van der Waals surface area contributed by atoms with E-state index in [1.54, 1.807) is 20.1 Å². The molecule has 1 unspecified atom stereocenters. The van der Waals surface area contributed by atoms with Gasteiger partial charge in [0.05, 0.1) is 18.8 Å². The Morgan fingerprint density at radius 2 is 1.91 bits per heavy atom. The molecule has 0 heterocycles. The summed E-state index contributed by atoms with van der Waals surface area (Å²) in [4.78, 5) is 22.0. The number of ether oxygens (including phenoxy) is 1. The van der Waals surface area contributed by atoms with Crippen LogP contribution in [0.1, 0.15) is 69.4 Å². The molecule has 0 saturated heterocycles. The highest BCUT2D eigenvalue weighted by atomic mass is 31.2. The fourth-order valence-corrected chi connectivity index (χ4v) is 5.77. The topological polar surface area (TPSA) is 104 Å². The molecular formula is C27H43O6P. The Labute approximate surface area is 204 Å². The molecule has 7 heteroatoms. The molecule has 1 saturated carbocycles. The number of unbranched alkanes of at least 4 members (excludes halogenated alkanes) is 3. The molecule has 0 amide bonds. The third-order valence-electron chi connectivity index (χ3n) is 6.82. The predicted octanol–water partition coefficient (Wildman–Crippen LogP) is 4.88. The van der Waals surface area contributed by atoms with Gasteiger partial charge in [-0.15, -0.1) is 0 Å². The molecule has 1 aliphatic carbocycles. The van der Waals surface area contributed by atoms with Crippen LogP contribution < -0.4 is 0 Å². The number of hydrogen-bond acceptors (Lipinski definition) is 5. The van der Waals surface area contributed by atoms with Gasteiger partial charge in [0.2, 0.25) is 0 Å². The van der Waals surface area contributed by atoms with Gasteiger partial charge >= 0.3 is 0 Å². The fraction of sp³-hybridized carbons (Fsp3) is 0.667. The summed E-state index contributed by atoms with van der Waals surface area (Å²) in [6.45, 7) is 2.33. The number of carbonyl (C=O) groups excluding carboxylic acids is 1. The summed E-state index contributed by atoms with van der Waals surface area (Å²) in [5, 5.41) is 20.8. The van der Waals surface area contributed by atoms with Crippen molar-refractivity contribution in [1.29, 1.82) is 0 Å². The van der Waals surface area contributed by atoms with E-state index in [2.05, 4.69) is 12.1 Å². The normalized spacial score (nSPS) is 23.4. The minimum Gasteiger partial charge on any atom is -0.392 e. The maximum atomic E-state index is 12.4. The first-order valence-corrected chi connectivity index (χ1v) is 14.7. The Balaban J connectivity index is 1.74. The van der Waals surface area contributed by atoms with Crippen LogP contribution in [-0.4, -0.2) is 52.5 Å². The van der Waals surface area contributed by atoms with Crippen molar-refractivity contribution in [2.75, 3.05) is 19.4 Å². The first-order valence-electron chi connectivity index (χ1n) is 12.7. The van der Waals surface area contributed by atoms with E-state index >= 15 is 0 Å². The molecule has 1 fully saturated rings. The molecule has 1 aromatic carbocycles. The van der Waals surface area contributed by atoms with Crippen LogP contribution in [0.25, 0.3) is 0 Å². The average Bonchev–Trinajstić information content (AvgIpc) is 3.07. The van der Waals surface area contributed by atoms with Crippen molar-refractivity contribution in [2.24, 2.45) is 11.8 Å². The lowest BCUT2D eigenvalue weighted by molar-refractivity contribution is -0.121. The Kier molecular flexibility index (Phi) is 12.7. The van der Waals surface area contributed by atoms with E-state index in [-0.39, 0.29) is 24.0 Å². The first kappa shape index (κ1) is 28.9. The second-order valence-corrected chi connectivity index (χ2v) is 12.4. The summed E-state index contributed by atoms with van der Waals surface area (Å²) in [6.07, 6.45) is 9.60. The van der Waals surface area contributed by atoms with Crippen molar-refractivity contribution >= 4 is 13.2 Å². The van der Waals surface area contributed by atoms with E-state index in [0.29, 0.717) is 31.8 Å². The Hall–Kier alpha value is -1.30. The maximum Gasteiger partial charge on any atom is 0.200 e. The smallest absolute Gasteiger partial charge is 0.200 e. The van der Waals surface area contributed by atoms with Crippen LogP contribution in [0.2, 0.25) is 0 Å². The van der Waals surface area contributed by atoms with Crippen LogP contribution >= 0.6 is 7.37 Å². The van der Waals surface area contributed by atoms with Gasteiger partial charge < -0.3 is 19.8 Å². The summed E-state index contributed by atoms with van der Waals surface area (Å²) < 4.78 is 16.9. The molecule has 2 rings (SSSR count). The van der Waals surface area contributed by atoms with E-state index in [1.165, 1.54) is 5.56 Å². The van der Waals surface area contributed by atoms with E-state index in [9.17, 15) is 24.5 Å². The number of rotatable bonds is 16. The number of carbonyl (C=O) groups is 1. The molecule has 3 N–H and O–H groups in total. The highest BCUT2D eigenvalue weighted by Gasteiger charge is 2.39.